The minimum absolute atomic E-state index is 0.104. The third kappa shape index (κ3) is 5.22. The highest BCUT2D eigenvalue weighted by Gasteiger charge is 2.24. The molecule has 1 fully saturated rings. The number of nitrogens with zero attached hydrogens (tertiary/aromatic N) is 1. The molecule has 18 heavy (non-hydrogen) atoms. The van der Waals surface area contributed by atoms with Gasteiger partial charge in [-0.2, -0.15) is 0 Å². The summed E-state index contributed by atoms with van der Waals surface area (Å²) in [6, 6.07) is -0.0982. The zero-order chi connectivity index (χ0) is 13.6. The number of rotatable bonds is 5. The molecule has 0 atom stereocenters. The lowest BCUT2D eigenvalue weighted by molar-refractivity contribution is 0.238. The van der Waals surface area contributed by atoms with E-state index in [2.05, 4.69) is 10.6 Å². The number of carbonyl (C=O) groups excluding carboxylic acids is 1. The number of carbonyl (C=O) groups is 1. The Morgan fingerprint density at radius 3 is 2.67 bits per heavy atom. The van der Waals surface area contributed by atoms with Gasteiger partial charge in [0.25, 0.3) is 0 Å². The predicted octanol–water partition coefficient (Wildman–Crippen LogP) is 0.510. The zero-order valence-corrected chi connectivity index (χ0v) is 11.9. The van der Waals surface area contributed by atoms with Crippen molar-refractivity contribution in [3.63, 3.8) is 0 Å². The molecule has 6 nitrogen and oxygen atoms in total. The first-order chi connectivity index (χ1) is 8.42. The number of nitrogens with one attached hydrogen (secondary N) is 2. The van der Waals surface area contributed by atoms with Crippen molar-refractivity contribution in [2.24, 2.45) is 0 Å². The summed E-state index contributed by atoms with van der Waals surface area (Å²) in [7, 11) is -3.04. The lowest BCUT2D eigenvalue weighted by atomic mass is 10.3. The summed E-state index contributed by atoms with van der Waals surface area (Å²) in [6.07, 6.45) is 2.33. The number of hydrogen-bond donors (Lipinski definition) is 2. The summed E-state index contributed by atoms with van der Waals surface area (Å²) >= 11 is 0. The molecule has 0 saturated carbocycles. The van der Waals surface area contributed by atoms with Crippen molar-refractivity contribution in [2.45, 2.75) is 39.2 Å². The van der Waals surface area contributed by atoms with Gasteiger partial charge in [0, 0.05) is 25.7 Å². The first-order valence-corrected chi connectivity index (χ1v) is 8.05. The van der Waals surface area contributed by atoms with Gasteiger partial charge in [0.15, 0.2) is 0 Å². The van der Waals surface area contributed by atoms with E-state index in [1.165, 1.54) is 4.31 Å². The SMILES string of the molecule is CC(C)NC(=O)NCCCN1CCCCS1(=O)=O. The van der Waals surface area contributed by atoms with Crippen LogP contribution in [0.3, 0.4) is 0 Å². The van der Waals surface area contributed by atoms with Crippen LogP contribution in [0.25, 0.3) is 0 Å². The van der Waals surface area contributed by atoms with Gasteiger partial charge in [-0.25, -0.2) is 17.5 Å². The summed E-state index contributed by atoms with van der Waals surface area (Å²) in [4.78, 5) is 11.3. The van der Waals surface area contributed by atoms with Crippen molar-refractivity contribution in [2.75, 3.05) is 25.4 Å². The van der Waals surface area contributed by atoms with Crippen LogP contribution in [0.15, 0.2) is 0 Å². The summed E-state index contributed by atoms with van der Waals surface area (Å²) < 4.78 is 24.9. The molecule has 1 aliphatic heterocycles. The third-order valence-electron chi connectivity index (χ3n) is 2.74. The van der Waals surface area contributed by atoms with Gasteiger partial charge in [0.2, 0.25) is 10.0 Å². The normalized spacial score (nSPS) is 19.7. The van der Waals surface area contributed by atoms with E-state index in [1.807, 2.05) is 13.8 Å². The molecule has 2 N–H and O–H groups in total. The number of hydrogen-bond acceptors (Lipinski definition) is 3. The van der Waals surface area contributed by atoms with Gasteiger partial charge in [0.1, 0.15) is 0 Å². The lowest BCUT2D eigenvalue weighted by Gasteiger charge is -2.26. The Kier molecular flexibility index (Phi) is 5.87. The van der Waals surface area contributed by atoms with Gasteiger partial charge >= 0.3 is 6.03 Å². The minimum atomic E-state index is -3.04. The van der Waals surface area contributed by atoms with Crippen LogP contribution in [0.1, 0.15) is 33.1 Å². The summed E-state index contributed by atoms with van der Waals surface area (Å²) in [5.74, 6) is 0.258. The molecular formula is C11H23N3O3S. The van der Waals surface area contributed by atoms with Crippen molar-refractivity contribution in [3.8, 4) is 0 Å². The highest BCUT2D eigenvalue weighted by molar-refractivity contribution is 7.89. The molecule has 0 unspecified atom stereocenters. The van der Waals surface area contributed by atoms with Gasteiger partial charge < -0.3 is 10.6 Å². The van der Waals surface area contributed by atoms with Crippen LogP contribution in [-0.2, 0) is 10.0 Å². The maximum absolute atomic E-state index is 11.7. The van der Waals surface area contributed by atoms with Crippen LogP contribution < -0.4 is 10.6 Å². The Bertz CT molecular complexity index is 368. The second kappa shape index (κ2) is 6.94. The van der Waals surface area contributed by atoms with E-state index < -0.39 is 10.0 Å². The average Bonchev–Trinajstić information content (AvgIpc) is 2.24. The van der Waals surface area contributed by atoms with E-state index >= 15 is 0 Å². The molecule has 1 aliphatic rings. The molecule has 0 bridgehead atoms. The quantitative estimate of drug-likeness (QED) is 0.719. The lowest BCUT2D eigenvalue weighted by Crippen LogP contribution is -2.42. The van der Waals surface area contributed by atoms with E-state index in [1.54, 1.807) is 0 Å². The second-order valence-electron chi connectivity index (χ2n) is 4.83. The molecule has 0 aliphatic carbocycles. The number of sulfonamides is 1. The molecule has 0 radical (unpaired) electrons. The van der Waals surface area contributed by atoms with Gasteiger partial charge in [0.05, 0.1) is 5.75 Å². The Hall–Kier alpha value is -0.820. The Balaban J connectivity index is 2.19. The van der Waals surface area contributed by atoms with Crippen molar-refractivity contribution < 1.29 is 13.2 Å². The van der Waals surface area contributed by atoms with Gasteiger partial charge in [-0.15, -0.1) is 0 Å². The largest absolute Gasteiger partial charge is 0.338 e. The van der Waals surface area contributed by atoms with Crippen LogP contribution in [0.4, 0.5) is 4.79 Å². The van der Waals surface area contributed by atoms with Crippen molar-refractivity contribution in [3.05, 3.63) is 0 Å². The molecule has 0 spiro atoms. The Morgan fingerprint density at radius 2 is 2.06 bits per heavy atom. The van der Waals surface area contributed by atoms with Crippen LogP contribution in [0.2, 0.25) is 0 Å². The van der Waals surface area contributed by atoms with E-state index in [4.69, 9.17) is 0 Å². The highest BCUT2D eigenvalue weighted by atomic mass is 32.2. The molecule has 0 aromatic rings. The van der Waals surface area contributed by atoms with Gasteiger partial charge in [-0.3, -0.25) is 0 Å². The molecular weight excluding hydrogens is 254 g/mol. The first kappa shape index (κ1) is 15.2. The van der Waals surface area contributed by atoms with Crippen LogP contribution in [0.5, 0.6) is 0 Å². The first-order valence-electron chi connectivity index (χ1n) is 6.44. The van der Waals surface area contributed by atoms with E-state index in [0.29, 0.717) is 26.1 Å². The predicted molar refractivity (Wildman–Crippen MR) is 70.9 cm³/mol. The number of amides is 2. The minimum Gasteiger partial charge on any atom is -0.338 e. The Morgan fingerprint density at radius 1 is 1.33 bits per heavy atom. The molecule has 1 rings (SSSR count). The van der Waals surface area contributed by atoms with Crippen molar-refractivity contribution >= 4 is 16.1 Å². The molecule has 1 heterocycles. The molecule has 0 aromatic heterocycles. The van der Waals surface area contributed by atoms with E-state index in [0.717, 1.165) is 12.8 Å². The third-order valence-corrected chi connectivity index (χ3v) is 4.70. The summed E-state index contributed by atoms with van der Waals surface area (Å²) in [6.45, 7) is 5.37. The van der Waals surface area contributed by atoms with Crippen LogP contribution in [-0.4, -0.2) is 50.2 Å². The van der Waals surface area contributed by atoms with Crippen molar-refractivity contribution in [1.29, 1.82) is 0 Å². The zero-order valence-electron chi connectivity index (χ0n) is 11.1. The standard InChI is InChI=1S/C11H23N3O3S/c1-10(2)13-11(15)12-6-5-8-14-7-3-4-9-18(14,16)17/h10H,3-9H2,1-2H3,(H2,12,13,15). The van der Waals surface area contributed by atoms with Gasteiger partial charge in [-0.05, 0) is 33.1 Å². The molecule has 106 valence electrons. The Labute approximate surface area is 109 Å². The maximum atomic E-state index is 11.7. The topological polar surface area (TPSA) is 78.5 Å². The fraction of sp³-hybridized carbons (Fsp3) is 0.909. The van der Waals surface area contributed by atoms with Crippen molar-refractivity contribution in [1.82, 2.24) is 14.9 Å². The molecule has 7 heteroatoms. The molecule has 2 amide bonds. The second-order valence-corrected chi connectivity index (χ2v) is 6.92. The fourth-order valence-corrected chi connectivity index (χ4v) is 3.50. The smallest absolute Gasteiger partial charge is 0.314 e. The average molecular weight is 277 g/mol. The van der Waals surface area contributed by atoms with Crippen LogP contribution >= 0.6 is 0 Å². The molecule has 1 saturated heterocycles. The van der Waals surface area contributed by atoms with Crippen LogP contribution in [0, 0.1) is 0 Å². The maximum Gasteiger partial charge on any atom is 0.314 e. The monoisotopic (exact) mass is 277 g/mol. The van der Waals surface area contributed by atoms with E-state index in [9.17, 15) is 13.2 Å². The van der Waals surface area contributed by atoms with E-state index in [-0.39, 0.29) is 17.8 Å². The highest BCUT2D eigenvalue weighted by Crippen LogP contribution is 2.13. The fourth-order valence-electron chi connectivity index (χ4n) is 1.86. The summed E-state index contributed by atoms with van der Waals surface area (Å²) in [5, 5.41) is 5.42. The van der Waals surface area contributed by atoms with Gasteiger partial charge in [-0.1, -0.05) is 0 Å². The summed E-state index contributed by atoms with van der Waals surface area (Å²) in [5.41, 5.74) is 0. The molecule has 0 aromatic carbocycles. The number of urea groups is 1.